The summed E-state index contributed by atoms with van der Waals surface area (Å²) in [4.78, 5) is 11.4. The molecule has 1 saturated heterocycles. The van der Waals surface area contributed by atoms with E-state index in [-0.39, 0.29) is 18.8 Å². The Kier molecular flexibility index (Phi) is 5.97. The number of nitrogens with zero attached hydrogens (tertiary/aromatic N) is 2. The van der Waals surface area contributed by atoms with Gasteiger partial charge in [-0.3, -0.25) is 0 Å². The van der Waals surface area contributed by atoms with Gasteiger partial charge < -0.3 is 9.47 Å². The Balaban J connectivity index is 2.07. The van der Waals surface area contributed by atoms with Crippen molar-refractivity contribution in [3.63, 3.8) is 0 Å². The minimum atomic E-state index is -3.56. The van der Waals surface area contributed by atoms with Crippen LogP contribution < -0.4 is 0 Å². The maximum atomic E-state index is 12.7. The Morgan fingerprint density at radius 2 is 1.79 bits per heavy atom. The van der Waals surface area contributed by atoms with Crippen LogP contribution in [0.3, 0.4) is 0 Å². The summed E-state index contributed by atoms with van der Waals surface area (Å²) in [7, 11) is -0.692. The van der Waals surface area contributed by atoms with Crippen molar-refractivity contribution in [2.45, 2.75) is 32.6 Å². The fourth-order valence-electron chi connectivity index (χ4n) is 2.72. The minimum absolute atomic E-state index is 0.128. The zero-order valence-corrected chi connectivity index (χ0v) is 15.2. The van der Waals surface area contributed by atoms with Crippen molar-refractivity contribution in [3.8, 4) is 0 Å². The zero-order valence-electron chi connectivity index (χ0n) is 14.4. The van der Waals surface area contributed by atoms with E-state index in [0.29, 0.717) is 18.7 Å². The third-order valence-corrected chi connectivity index (χ3v) is 5.75. The highest BCUT2D eigenvalue weighted by atomic mass is 32.2. The molecule has 7 nitrogen and oxygen atoms in total. The topological polar surface area (TPSA) is 76.2 Å². The summed E-state index contributed by atoms with van der Waals surface area (Å²) >= 11 is 0. The van der Waals surface area contributed by atoms with Crippen LogP contribution in [0.15, 0.2) is 24.3 Å². The molecule has 1 aliphatic rings. The lowest BCUT2D eigenvalue weighted by atomic mass is 10.1. The molecule has 1 aliphatic heterocycles. The summed E-state index contributed by atoms with van der Waals surface area (Å²) < 4.78 is 38.4. The number of hydrogen-bond donors (Lipinski definition) is 0. The normalized spacial score (nSPS) is 22.5. The standard InChI is InChI=1S/C16H24N2O5S/c1-12-9-18(10-13(2)23-12)24(20,21)17(3)11-14-5-7-15(8-6-14)16(19)22-4/h5-8,12-13H,9-11H2,1-4H3/t12-,13-/m0/s1. The fraction of sp³-hybridized carbons (Fsp3) is 0.562. The predicted octanol–water partition coefficient (Wildman–Crippen LogP) is 1.26. The van der Waals surface area contributed by atoms with Gasteiger partial charge in [0.25, 0.3) is 10.2 Å². The van der Waals surface area contributed by atoms with Crippen molar-refractivity contribution in [1.29, 1.82) is 0 Å². The van der Waals surface area contributed by atoms with Crippen molar-refractivity contribution in [3.05, 3.63) is 35.4 Å². The van der Waals surface area contributed by atoms with E-state index in [1.165, 1.54) is 15.7 Å². The molecule has 0 saturated carbocycles. The van der Waals surface area contributed by atoms with Crippen LogP contribution >= 0.6 is 0 Å². The first-order chi connectivity index (χ1) is 11.2. The third-order valence-electron chi connectivity index (χ3n) is 3.89. The molecule has 0 spiro atoms. The Bertz CT molecular complexity index is 664. The van der Waals surface area contributed by atoms with Crippen LogP contribution in [0.25, 0.3) is 0 Å². The van der Waals surface area contributed by atoms with E-state index in [1.807, 2.05) is 13.8 Å². The van der Waals surface area contributed by atoms with Crippen LogP contribution in [0, 0.1) is 0 Å². The summed E-state index contributed by atoms with van der Waals surface area (Å²) in [5.74, 6) is -0.418. The van der Waals surface area contributed by atoms with E-state index in [4.69, 9.17) is 4.74 Å². The van der Waals surface area contributed by atoms with Gasteiger partial charge in [-0.1, -0.05) is 12.1 Å². The van der Waals surface area contributed by atoms with Crippen LogP contribution in [-0.4, -0.2) is 62.5 Å². The summed E-state index contributed by atoms with van der Waals surface area (Å²) in [5, 5.41) is 0. The van der Waals surface area contributed by atoms with Crippen molar-refractivity contribution in [2.24, 2.45) is 0 Å². The van der Waals surface area contributed by atoms with Gasteiger partial charge in [0.15, 0.2) is 0 Å². The smallest absolute Gasteiger partial charge is 0.337 e. The second kappa shape index (κ2) is 7.60. The molecular weight excluding hydrogens is 332 g/mol. The number of carbonyl (C=O) groups excluding carboxylic acids is 1. The Labute approximate surface area is 143 Å². The van der Waals surface area contributed by atoms with E-state index in [1.54, 1.807) is 31.3 Å². The molecular formula is C16H24N2O5S. The highest BCUT2D eigenvalue weighted by Crippen LogP contribution is 2.18. The van der Waals surface area contributed by atoms with Crippen LogP contribution in [0.4, 0.5) is 0 Å². The molecule has 24 heavy (non-hydrogen) atoms. The molecule has 1 aromatic rings. The SMILES string of the molecule is COC(=O)c1ccc(CN(C)S(=O)(=O)N2C[C@H](C)O[C@@H](C)C2)cc1. The maximum absolute atomic E-state index is 12.7. The average Bonchev–Trinajstić information content (AvgIpc) is 2.53. The highest BCUT2D eigenvalue weighted by molar-refractivity contribution is 7.86. The molecule has 8 heteroatoms. The van der Waals surface area contributed by atoms with Gasteiger partial charge in [0.1, 0.15) is 0 Å². The number of carbonyl (C=O) groups is 1. The van der Waals surface area contributed by atoms with Crippen LogP contribution in [0.5, 0.6) is 0 Å². The summed E-state index contributed by atoms with van der Waals surface area (Å²) in [6.45, 7) is 4.65. The molecule has 134 valence electrons. The van der Waals surface area contributed by atoms with E-state index in [2.05, 4.69) is 4.74 Å². The van der Waals surface area contributed by atoms with Gasteiger partial charge in [-0.25, -0.2) is 4.79 Å². The molecule has 0 unspecified atom stereocenters. The third kappa shape index (κ3) is 4.32. The summed E-state index contributed by atoms with van der Waals surface area (Å²) in [6.07, 6.45) is -0.257. The zero-order chi connectivity index (χ0) is 17.9. The molecule has 0 aromatic heterocycles. The molecule has 0 bridgehead atoms. The first kappa shape index (κ1) is 18.9. The second-order valence-electron chi connectivity index (χ2n) is 6.03. The largest absolute Gasteiger partial charge is 0.465 e. The van der Waals surface area contributed by atoms with Crippen LogP contribution in [0.1, 0.15) is 29.8 Å². The van der Waals surface area contributed by atoms with Gasteiger partial charge in [-0.2, -0.15) is 17.0 Å². The minimum Gasteiger partial charge on any atom is -0.465 e. The lowest BCUT2D eigenvalue weighted by molar-refractivity contribution is -0.0453. The number of ether oxygens (including phenoxy) is 2. The Morgan fingerprint density at radius 1 is 1.25 bits per heavy atom. The number of hydrogen-bond acceptors (Lipinski definition) is 5. The second-order valence-corrected chi connectivity index (χ2v) is 8.06. The summed E-state index contributed by atoms with van der Waals surface area (Å²) in [5.41, 5.74) is 1.23. The number of esters is 1. The van der Waals surface area contributed by atoms with Crippen molar-refractivity contribution in [2.75, 3.05) is 27.2 Å². The van der Waals surface area contributed by atoms with Crippen molar-refractivity contribution in [1.82, 2.24) is 8.61 Å². The van der Waals surface area contributed by atoms with Gasteiger partial charge >= 0.3 is 5.97 Å². The van der Waals surface area contributed by atoms with Crippen molar-refractivity contribution < 1.29 is 22.7 Å². The molecule has 1 fully saturated rings. The molecule has 1 heterocycles. The molecule has 0 amide bonds. The van der Waals surface area contributed by atoms with E-state index >= 15 is 0 Å². The van der Waals surface area contributed by atoms with E-state index in [9.17, 15) is 13.2 Å². The molecule has 0 N–H and O–H groups in total. The van der Waals surface area contributed by atoms with Gasteiger partial charge in [0.2, 0.25) is 0 Å². The summed E-state index contributed by atoms with van der Waals surface area (Å²) in [6, 6.07) is 6.70. The van der Waals surface area contributed by atoms with Gasteiger partial charge in [-0.15, -0.1) is 0 Å². The Morgan fingerprint density at radius 3 is 2.29 bits per heavy atom. The lowest BCUT2D eigenvalue weighted by Gasteiger charge is -2.36. The molecule has 2 rings (SSSR count). The fourth-order valence-corrected chi connectivity index (χ4v) is 4.22. The predicted molar refractivity (Wildman–Crippen MR) is 89.8 cm³/mol. The number of methoxy groups -OCH3 is 1. The van der Waals surface area contributed by atoms with Gasteiger partial charge in [-0.05, 0) is 31.5 Å². The van der Waals surface area contributed by atoms with Gasteiger partial charge in [0.05, 0.1) is 24.9 Å². The average molecular weight is 356 g/mol. The first-order valence-electron chi connectivity index (χ1n) is 7.78. The number of benzene rings is 1. The lowest BCUT2D eigenvalue weighted by Crippen LogP contribution is -2.52. The Hall–Kier alpha value is -1.48. The van der Waals surface area contributed by atoms with Gasteiger partial charge in [0, 0.05) is 26.7 Å². The van der Waals surface area contributed by atoms with E-state index in [0.717, 1.165) is 5.56 Å². The van der Waals surface area contributed by atoms with Crippen LogP contribution in [-0.2, 0) is 26.2 Å². The molecule has 0 radical (unpaired) electrons. The van der Waals surface area contributed by atoms with E-state index < -0.39 is 16.2 Å². The monoisotopic (exact) mass is 356 g/mol. The molecule has 2 atom stereocenters. The quantitative estimate of drug-likeness (QED) is 0.743. The maximum Gasteiger partial charge on any atom is 0.337 e. The van der Waals surface area contributed by atoms with Crippen molar-refractivity contribution >= 4 is 16.2 Å². The molecule has 1 aromatic carbocycles. The number of rotatable bonds is 5. The molecule has 0 aliphatic carbocycles. The first-order valence-corrected chi connectivity index (χ1v) is 9.18. The van der Waals surface area contributed by atoms with Crippen LogP contribution in [0.2, 0.25) is 0 Å². The number of morpholine rings is 1. The highest BCUT2D eigenvalue weighted by Gasteiger charge is 2.33.